The summed E-state index contributed by atoms with van der Waals surface area (Å²) in [5.74, 6) is 0.318. The quantitative estimate of drug-likeness (QED) is 0.259. The number of ether oxygens (including phenoxy) is 2. The Morgan fingerprint density at radius 2 is 1.64 bits per heavy atom. The van der Waals surface area contributed by atoms with Crippen molar-refractivity contribution in [2.75, 3.05) is 6.61 Å². The Balaban J connectivity index is 1.73. The van der Waals surface area contributed by atoms with E-state index in [4.69, 9.17) is 9.47 Å². The predicted molar refractivity (Wildman–Crippen MR) is 115 cm³/mol. The van der Waals surface area contributed by atoms with Gasteiger partial charge in [0.1, 0.15) is 5.60 Å². The number of benzene rings is 1. The van der Waals surface area contributed by atoms with Crippen molar-refractivity contribution in [1.82, 2.24) is 0 Å². The molecule has 1 aliphatic rings. The first kappa shape index (κ1) is 22.9. The van der Waals surface area contributed by atoms with E-state index in [1.165, 1.54) is 51.4 Å². The molecule has 1 aliphatic heterocycles. The molecule has 3 heteroatoms. The standard InChI is InChI=1S/C25H40O3/c1-3-4-5-6-7-8-9-10-14-17-25(19-22(2)18-24(26)28-25)21-27-20-23-15-12-11-13-16-23/h11-13,15-16,22H,3-10,14,17-21H2,1-2H3/t22-,25+/m1/s1. The molecule has 0 unspecified atom stereocenters. The molecule has 1 aromatic rings. The maximum atomic E-state index is 12.1. The van der Waals surface area contributed by atoms with E-state index < -0.39 is 5.60 Å². The smallest absolute Gasteiger partial charge is 0.306 e. The maximum absolute atomic E-state index is 12.1. The van der Waals surface area contributed by atoms with Crippen LogP contribution in [-0.2, 0) is 20.9 Å². The highest BCUT2D eigenvalue weighted by Gasteiger charge is 2.40. The second-order valence-electron chi connectivity index (χ2n) is 8.73. The summed E-state index contributed by atoms with van der Waals surface area (Å²) >= 11 is 0. The molecule has 0 bridgehead atoms. The average molecular weight is 389 g/mol. The second kappa shape index (κ2) is 13.0. The maximum Gasteiger partial charge on any atom is 0.306 e. The van der Waals surface area contributed by atoms with E-state index in [0.29, 0.717) is 25.6 Å². The monoisotopic (exact) mass is 388 g/mol. The van der Waals surface area contributed by atoms with Gasteiger partial charge in [-0.05, 0) is 30.7 Å². The van der Waals surface area contributed by atoms with E-state index in [-0.39, 0.29) is 5.97 Å². The zero-order valence-corrected chi connectivity index (χ0v) is 18.1. The summed E-state index contributed by atoms with van der Waals surface area (Å²) in [6.07, 6.45) is 14.1. The van der Waals surface area contributed by atoms with Gasteiger partial charge in [0.05, 0.1) is 13.2 Å². The molecule has 1 fully saturated rings. The van der Waals surface area contributed by atoms with Gasteiger partial charge in [-0.3, -0.25) is 4.79 Å². The molecule has 158 valence electrons. The van der Waals surface area contributed by atoms with Crippen molar-refractivity contribution >= 4 is 5.97 Å². The highest BCUT2D eigenvalue weighted by atomic mass is 16.6. The summed E-state index contributed by atoms with van der Waals surface area (Å²) < 4.78 is 11.9. The molecule has 0 saturated carbocycles. The van der Waals surface area contributed by atoms with Gasteiger partial charge in [0.25, 0.3) is 0 Å². The van der Waals surface area contributed by atoms with Gasteiger partial charge in [0.2, 0.25) is 0 Å². The lowest BCUT2D eigenvalue weighted by atomic mass is 9.83. The third-order valence-corrected chi connectivity index (χ3v) is 5.78. The highest BCUT2D eigenvalue weighted by molar-refractivity contribution is 5.71. The number of hydrogen-bond acceptors (Lipinski definition) is 3. The van der Waals surface area contributed by atoms with Gasteiger partial charge in [0, 0.05) is 6.42 Å². The minimum atomic E-state index is -0.426. The Bertz CT molecular complexity index is 542. The minimum absolute atomic E-state index is 0.0574. The van der Waals surface area contributed by atoms with Crippen LogP contribution in [0.3, 0.4) is 0 Å². The minimum Gasteiger partial charge on any atom is -0.457 e. The van der Waals surface area contributed by atoms with E-state index in [0.717, 1.165) is 24.8 Å². The van der Waals surface area contributed by atoms with Crippen molar-refractivity contribution in [2.45, 2.75) is 103 Å². The van der Waals surface area contributed by atoms with Crippen LogP contribution in [-0.4, -0.2) is 18.2 Å². The van der Waals surface area contributed by atoms with Crippen molar-refractivity contribution in [3.8, 4) is 0 Å². The predicted octanol–water partition coefficient (Wildman–Crippen LogP) is 6.84. The van der Waals surface area contributed by atoms with Gasteiger partial charge < -0.3 is 9.47 Å². The van der Waals surface area contributed by atoms with Crippen LogP contribution in [0, 0.1) is 5.92 Å². The molecule has 2 rings (SSSR count). The third-order valence-electron chi connectivity index (χ3n) is 5.78. The summed E-state index contributed by atoms with van der Waals surface area (Å²) in [6, 6.07) is 10.2. The first-order chi connectivity index (χ1) is 13.6. The van der Waals surface area contributed by atoms with Crippen LogP contribution in [0.2, 0.25) is 0 Å². The average Bonchev–Trinajstić information content (AvgIpc) is 2.67. The lowest BCUT2D eigenvalue weighted by Crippen LogP contribution is -2.45. The van der Waals surface area contributed by atoms with Crippen LogP contribution >= 0.6 is 0 Å². The summed E-state index contributed by atoms with van der Waals surface area (Å²) in [4.78, 5) is 12.1. The fourth-order valence-corrected chi connectivity index (χ4v) is 4.32. The van der Waals surface area contributed by atoms with Crippen molar-refractivity contribution in [3.63, 3.8) is 0 Å². The van der Waals surface area contributed by atoms with Gasteiger partial charge in [-0.1, -0.05) is 95.5 Å². The summed E-state index contributed by atoms with van der Waals surface area (Å²) in [5, 5.41) is 0. The van der Waals surface area contributed by atoms with Gasteiger partial charge in [-0.2, -0.15) is 0 Å². The first-order valence-corrected chi connectivity index (χ1v) is 11.5. The Morgan fingerprint density at radius 1 is 1.00 bits per heavy atom. The zero-order chi connectivity index (χ0) is 20.1. The van der Waals surface area contributed by atoms with Gasteiger partial charge in [-0.25, -0.2) is 0 Å². The molecule has 1 aromatic carbocycles. The number of hydrogen-bond donors (Lipinski definition) is 0. The summed E-state index contributed by atoms with van der Waals surface area (Å²) in [6.45, 7) is 5.50. The van der Waals surface area contributed by atoms with Crippen LogP contribution in [0.5, 0.6) is 0 Å². The largest absolute Gasteiger partial charge is 0.457 e. The van der Waals surface area contributed by atoms with Crippen LogP contribution in [0.15, 0.2) is 30.3 Å². The van der Waals surface area contributed by atoms with Crippen LogP contribution < -0.4 is 0 Å². The molecular formula is C25H40O3. The molecule has 0 aliphatic carbocycles. The number of carbonyl (C=O) groups excluding carboxylic acids is 1. The molecule has 0 N–H and O–H groups in total. The fourth-order valence-electron chi connectivity index (χ4n) is 4.32. The molecule has 28 heavy (non-hydrogen) atoms. The van der Waals surface area contributed by atoms with Crippen molar-refractivity contribution in [2.24, 2.45) is 5.92 Å². The van der Waals surface area contributed by atoms with Gasteiger partial charge >= 0.3 is 5.97 Å². The van der Waals surface area contributed by atoms with E-state index in [1.54, 1.807) is 0 Å². The normalized spacial score (nSPS) is 22.2. The molecule has 3 nitrogen and oxygen atoms in total. The fraction of sp³-hybridized carbons (Fsp3) is 0.720. The Labute approximate surface area is 172 Å². The van der Waals surface area contributed by atoms with E-state index in [1.807, 2.05) is 18.2 Å². The number of cyclic esters (lactones) is 1. The van der Waals surface area contributed by atoms with Crippen molar-refractivity contribution in [3.05, 3.63) is 35.9 Å². The number of carbonyl (C=O) groups is 1. The van der Waals surface area contributed by atoms with Crippen LogP contribution in [0.25, 0.3) is 0 Å². The molecule has 2 atom stereocenters. The summed E-state index contributed by atoms with van der Waals surface area (Å²) in [7, 11) is 0. The summed E-state index contributed by atoms with van der Waals surface area (Å²) in [5.41, 5.74) is 0.737. The zero-order valence-electron chi connectivity index (χ0n) is 18.1. The van der Waals surface area contributed by atoms with E-state index >= 15 is 0 Å². The Morgan fingerprint density at radius 3 is 2.29 bits per heavy atom. The molecular weight excluding hydrogens is 348 g/mol. The second-order valence-corrected chi connectivity index (χ2v) is 8.73. The third kappa shape index (κ3) is 8.77. The van der Waals surface area contributed by atoms with Gasteiger partial charge in [0.15, 0.2) is 0 Å². The molecule has 0 radical (unpaired) electrons. The molecule has 0 aromatic heterocycles. The topological polar surface area (TPSA) is 35.5 Å². The lowest BCUT2D eigenvalue weighted by Gasteiger charge is -2.39. The Kier molecular flexibility index (Phi) is 10.6. The van der Waals surface area contributed by atoms with Crippen molar-refractivity contribution in [1.29, 1.82) is 0 Å². The molecule has 0 amide bonds. The van der Waals surface area contributed by atoms with Gasteiger partial charge in [-0.15, -0.1) is 0 Å². The van der Waals surface area contributed by atoms with Crippen LogP contribution in [0.1, 0.15) is 96.5 Å². The lowest BCUT2D eigenvalue weighted by molar-refractivity contribution is -0.182. The first-order valence-electron chi connectivity index (χ1n) is 11.5. The van der Waals surface area contributed by atoms with Crippen LogP contribution in [0.4, 0.5) is 0 Å². The number of unbranched alkanes of at least 4 members (excludes halogenated alkanes) is 8. The molecule has 1 saturated heterocycles. The van der Waals surface area contributed by atoms with Crippen molar-refractivity contribution < 1.29 is 14.3 Å². The number of rotatable bonds is 14. The molecule has 1 heterocycles. The number of esters is 1. The highest BCUT2D eigenvalue weighted by Crippen LogP contribution is 2.35. The Hall–Kier alpha value is -1.35. The van der Waals surface area contributed by atoms with E-state index in [9.17, 15) is 4.79 Å². The SMILES string of the molecule is CCCCCCCCCCC[C@@]1(COCc2ccccc2)C[C@H](C)CC(=O)O1. The van der Waals surface area contributed by atoms with E-state index in [2.05, 4.69) is 26.0 Å². The molecule has 0 spiro atoms.